The summed E-state index contributed by atoms with van der Waals surface area (Å²) < 4.78 is 11.1. The van der Waals surface area contributed by atoms with Crippen molar-refractivity contribution in [2.45, 2.75) is 70.8 Å². The van der Waals surface area contributed by atoms with Gasteiger partial charge < -0.3 is 19.7 Å². The molecule has 0 aromatic rings. The van der Waals surface area contributed by atoms with Crippen LogP contribution in [-0.2, 0) is 23.9 Å². The summed E-state index contributed by atoms with van der Waals surface area (Å²) in [6.45, 7) is 6.54. The number of aliphatic imine (C=N–C) groups is 1. The minimum Gasteiger partial charge on any atom is -0.475 e. The largest absolute Gasteiger partial charge is 0.475 e. The molecule has 178 valence electrons. The Bertz CT molecular complexity index is 1030. The van der Waals surface area contributed by atoms with E-state index in [1.807, 2.05) is 19.9 Å². The quantitative estimate of drug-likeness (QED) is 0.616. The summed E-state index contributed by atoms with van der Waals surface area (Å²) in [6, 6.07) is 0. The van der Waals surface area contributed by atoms with E-state index in [1.54, 1.807) is 6.92 Å². The van der Waals surface area contributed by atoms with Gasteiger partial charge in [0.25, 0.3) is 0 Å². The van der Waals surface area contributed by atoms with E-state index in [9.17, 15) is 24.6 Å². The van der Waals surface area contributed by atoms with Gasteiger partial charge in [0.1, 0.15) is 6.10 Å². The fourth-order valence-corrected chi connectivity index (χ4v) is 8.02. The van der Waals surface area contributed by atoms with Crippen LogP contribution in [0.2, 0.25) is 0 Å². The Morgan fingerprint density at radius 2 is 2.00 bits per heavy atom. The summed E-state index contributed by atoms with van der Waals surface area (Å²) in [5, 5.41) is 22.6. The van der Waals surface area contributed by atoms with E-state index in [0.29, 0.717) is 30.7 Å². The molecule has 1 heterocycles. The van der Waals surface area contributed by atoms with Gasteiger partial charge in [-0.05, 0) is 48.8 Å². The van der Waals surface area contributed by atoms with Crippen molar-refractivity contribution in [3.8, 4) is 0 Å². The molecule has 0 amide bonds. The zero-order valence-electron chi connectivity index (χ0n) is 19.4. The number of hydrogen-bond acceptors (Lipinski definition) is 8. The molecule has 1 aliphatic heterocycles. The maximum absolute atomic E-state index is 13.6. The molecule has 0 saturated heterocycles. The second kappa shape index (κ2) is 7.09. The lowest BCUT2D eigenvalue weighted by Crippen LogP contribution is -2.63. The van der Waals surface area contributed by atoms with Crippen molar-refractivity contribution in [1.29, 1.82) is 0 Å². The number of nitrogens with zero attached hydrogens (tertiary/aromatic N) is 1. The molecule has 9 atom stereocenters. The summed E-state index contributed by atoms with van der Waals surface area (Å²) in [5.74, 6) is -0.952. The van der Waals surface area contributed by atoms with Gasteiger partial charge in [-0.15, -0.1) is 0 Å². The van der Waals surface area contributed by atoms with Crippen molar-refractivity contribution >= 4 is 23.4 Å². The molecule has 0 radical (unpaired) electrons. The molecule has 0 aromatic heterocycles. The second-order valence-corrected chi connectivity index (χ2v) is 10.8. The number of carbonyl (C=O) groups excluding carboxylic acids is 3. The highest BCUT2D eigenvalue weighted by atomic mass is 16.5. The summed E-state index contributed by atoms with van der Waals surface area (Å²) in [4.78, 5) is 41.7. The van der Waals surface area contributed by atoms with Gasteiger partial charge >= 0.3 is 5.97 Å². The number of aliphatic hydroxyl groups excluding tert-OH is 2. The van der Waals surface area contributed by atoms with Crippen molar-refractivity contribution in [2.24, 2.45) is 33.6 Å². The standard InChI is InChI=1S/C25H31NO7/c1-12-26-25(20(31)11-32-13(2)27)21(33-12)9-16-15-8-18(29)17-7-14(28)5-6-23(17,3)22(15)19(30)10-24(16,25)4/h5-7,15-16,18-19,21-22,29-30H,8-11H2,1-4H3/t15-,16-,18+,19-,21+,22+,23-,24-,25+/m0/s1. The highest BCUT2D eigenvalue weighted by molar-refractivity contribution is 6.01. The first-order chi connectivity index (χ1) is 15.4. The lowest BCUT2D eigenvalue weighted by atomic mass is 9.45. The number of fused-ring (bicyclic) bond motifs is 7. The molecule has 33 heavy (non-hydrogen) atoms. The molecule has 4 aliphatic carbocycles. The minimum atomic E-state index is -1.25. The Balaban J connectivity index is 1.58. The molecule has 0 bridgehead atoms. The Hall–Kier alpha value is -2.32. The van der Waals surface area contributed by atoms with Crippen LogP contribution in [0, 0.1) is 28.6 Å². The van der Waals surface area contributed by atoms with Gasteiger partial charge in [-0.25, -0.2) is 4.99 Å². The molecule has 8 heteroatoms. The molecule has 0 unspecified atom stereocenters. The van der Waals surface area contributed by atoms with Crippen LogP contribution in [-0.4, -0.2) is 64.1 Å². The van der Waals surface area contributed by atoms with E-state index in [0.717, 1.165) is 0 Å². The first-order valence-corrected chi connectivity index (χ1v) is 11.6. The zero-order valence-corrected chi connectivity index (χ0v) is 19.4. The maximum Gasteiger partial charge on any atom is 0.303 e. The zero-order chi connectivity index (χ0) is 23.9. The van der Waals surface area contributed by atoms with E-state index in [4.69, 9.17) is 14.5 Å². The highest BCUT2D eigenvalue weighted by Crippen LogP contribution is 2.69. The predicted octanol–water partition coefficient (Wildman–Crippen LogP) is 1.53. The molecule has 0 aromatic carbocycles. The van der Waals surface area contributed by atoms with Gasteiger partial charge in [-0.3, -0.25) is 14.4 Å². The molecule has 2 N–H and O–H groups in total. The lowest BCUT2D eigenvalue weighted by Gasteiger charge is -2.60. The van der Waals surface area contributed by atoms with Crippen molar-refractivity contribution in [1.82, 2.24) is 0 Å². The number of ether oxygens (including phenoxy) is 2. The summed E-state index contributed by atoms with van der Waals surface area (Å²) >= 11 is 0. The number of rotatable bonds is 3. The third kappa shape index (κ3) is 2.83. The van der Waals surface area contributed by atoms with Crippen LogP contribution in [0.5, 0.6) is 0 Å². The molecule has 3 fully saturated rings. The van der Waals surface area contributed by atoms with E-state index in [-0.39, 0.29) is 29.3 Å². The van der Waals surface area contributed by atoms with E-state index >= 15 is 0 Å². The first-order valence-electron chi connectivity index (χ1n) is 11.6. The van der Waals surface area contributed by atoms with Crippen LogP contribution < -0.4 is 0 Å². The molecule has 5 rings (SSSR count). The minimum absolute atomic E-state index is 0.0481. The first kappa shape index (κ1) is 22.5. The SMILES string of the molecule is CC(=O)OCC(=O)[C@@]12N=C(C)O[C@@H]1C[C@H]1[C@@H]3C[C@@H](O)C4=CC(=O)C=C[C@]4(C)[C@H]3[C@@H](O)C[C@@]12C. The maximum atomic E-state index is 13.6. The van der Waals surface area contributed by atoms with Crippen LogP contribution in [0.1, 0.15) is 47.0 Å². The lowest BCUT2D eigenvalue weighted by molar-refractivity contribution is -0.157. The molecular weight excluding hydrogens is 426 g/mol. The smallest absolute Gasteiger partial charge is 0.303 e. The fourth-order valence-electron chi connectivity index (χ4n) is 8.02. The average Bonchev–Trinajstić information content (AvgIpc) is 3.18. The highest BCUT2D eigenvalue weighted by Gasteiger charge is 2.75. The monoisotopic (exact) mass is 457 g/mol. The van der Waals surface area contributed by atoms with Gasteiger partial charge in [0, 0.05) is 30.6 Å². The summed E-state index contributed by atoms with van der Waals surface area (Å²) in [7, 11) is 0. The van der Waals surface area contributed by atoms with E-state index < -0.39 is 47.3 Å². The molecule has 0 spiro atoms. The van der Waals surface area contributed by atoms with Gasteiger partial charge in [0.05, 0.1) is 12.2 Å². The number of carbonyl (C=O) groups is 3. The molecule has 5 aliphatic rings. The Morgan fingerprint density at radius 1 is 1.27 bits per heavy atom. The van der Waals surface area contributed by atoms with Crippen molar-refractivity contribution in [2.75, 3.05) is 6.61 Å². The predicted molar refractivity (Wildman–Crippen MR) is 117 cm³/mol. The van der Waals surface area contributed by atoms with Crippen LogP contribution >= 0.6 is 0 Å². The van der Waals surface area contributed by atoms with Crippen molar-refractivity contribution < 1.29 is 34.1 Å². The van der Waals surface area contributed by atoms with Gasteiger partial charge in [0.15, 0.2) is 23.8 Å². The van der Waals surface area contributed by atoms with Crippen molar-refractivity contribution in [3.05, 3.63) is 23.8 Å². The van der Waals surface area contributed by atoms with Crippen LogP contribution in [0.15, 0.2) is 28.8 Å². The molecule has 3 saturated carbocycles. The number of hydrogen-bond donors (Lipinski definition) is 2. The Morgan fingerprint density at radius 3 is 2.70 bits per heavy atom. The third-order valence-electron chi connectivity index (χ3n) is 9.19. The topological polar surface area (TPSA) is 122 Å². The molecule has 8 nitrogen and oxygen atoms in total. The molecular formula is C25H31NO7. The fraction of sp³-hybridized carbons (Fsp3) is 0.680. The normalized spacial score (nSPS) is 47.4. The van der Waals surface area contributed by atoms with Gasteiger partial charge in [-0.1, -0.05) is 19.9 Å². The Labute approximate surface area is 192 Å². The van der Waals surface area contributed by atoms with Gasteiger partial charge in [-0.2, -0.15) is 0 Å². The summed E-state index contributed by atoms with van der Waals surface area (Å²) in [6.07, 6.45) is 4.04. The number of Topliss-reactive ketones (excluding diaryl/α,β-unsaturated/α-hetero) is 1. The number of allylic oxidation sites excluding steroid dienone is 3. The Kier molecular flexibility index (Phi) is 4.83. The van der Waals surface area contributed by atoms with Crippen LogP contribution in [0.3, 0.4) is 0 Å². The van der Waals surface area contributed by atoms with Crippen LogP contribution in [0.25, 0.3) is 0 Å². The van der Waals surface area contributed by atoms with Crippen LogP contribution in [0.4, 0.5) is 0 Å². The van der Waals surface area contributed by atoms with E-state index in [1.165, 1.54) is 19.1 Å². The third-order valence-corrected chi connectivity index (χ3v) is 9.19. The number of esters is 1. The van der Waals surface area contributed by atoms with Gasteiger partial charge in [0.2, 0.25) is 5.78 Å². The van der Waals surface area contributed by atoms with Crippen molar-refractivity contribution in [3.63, 3.8) is 0 Å². The number of aliphatic hydroxyl groups is 2. The number of ketones is 2. The average molecular weight is 458 g/mol. The summed E-state index contributed by atoms with van der Waals surface area (Å²) in [5.41, 5.74) is -1.98. The van der Waals surface area contributed by atoms with E-state index in [2.05, 4.69) is 0 Å². The second-order valence-electron chi connectivity index (χ2n) is 10.8.